The summed E-state index contributed by atoms with van der Waals surface area (Å²) in [7, 11) is 0. The van der Waals surface area contributed by atoms with Crippen molar-refractivity contribution in [2.24, 2.45) is 5.92 Å². The molecule has 6 nitrogen and oxygen atoms in total. The summed E-state index contributed by atoms with van der Waals surface area (Å²) in [5.74, 6) is 0.284. The Hall–Kier alpha value is -2.11. The van der Waals surface area contributed by atoms with Crippen LogP contribution in [-0.2, 0) is 4.79 Å². The number of nitrogens with one attached hydrogen (secondary N) is 1. The zero-order chi connectivity index (χ0) is 14.8. The van der Waals surface area contributed by atoms with Gasteiger partial charge in [-0.3, -0.25) is 9.59 Å². The number of aromatic nitrogens is 1. The Bertz CT molecular complexity index is 548. The molecule has 2 fully saturated rings. The fourth-order valence-corrected chi connectivity index (χ4v) is 2.64. The minimum absolute atomic E-state index is 0.125. The third-order valence-electron chi connectivity index (χ3n) is 4.12. The van der Waals surface area contributed by atoms with Crippen LogP contribution in [0.3, 0.4) is 0 Å². The minimum atomic E-state index is -0.125. The summed E-state index contributed by atoms with van der Waals surface area (Å²) in [6.07, 6.45) is 5.18. The molecule has 2 aliphatic rings. The summed E-state index contributed by atoms with van der Waals surface area (Å²) in [6.45, 7) is 1.26. The lowest BCUT2D eigenvalue weighted by Crippen LogP contribution is -2.47. The molecule has 1 saturated carbocycles. The van der Waals surface area contributed by atoms with E-state index in [4.69, 9.17) is 5.73 Å². The molecule has 3 rings (SSSR count). The Morgan fingerprint density at radius 2 is 1.95 bits per heavy atom. The van der Waals surface area contributed by atoms with Crippen LogP contribution in [-0.4, -0.2) is 40.8 Å². The molecule has 1 aliphatic carbocycles. The van der Waals surface area contributed by atoms with Crippen LogP contribution in [0.2, 0.25) is 0 Å². The highest BCUT2D eigenvalue weighted by molar-refractivity contribution is 5.97. The molecule has 1 aromatic heterocycles. The van der Waals surface area contributed by atoms with Gasteiger partial charge >= 0.3 is 0 Å². The van der Waals surface area contributed by atoms with Crippen molar-refractivity contribution < 1.29 is 9.59 Å². The Morgan fingerprint density at radius 3 is 2.57 bits per heavy atom. The molecule has 0 bridgehead atoms. The van der Waals surface area contributed by atoms with Gasteiger partial charge in [0.15, 0.2) is 5.69 Å². The Kier molecular flexibility index (Phi) is 3.77. The van der Waals surface area contributed by atoms with Gasteiger partial charge in [0.05, 0.1) is 5.69 Å². The SMILES string of the molecule is Nc1cccnc1C(=O)N1CCC(NC(=O)C2CC2)CC1. The lowest BCUT2D eigenvalue weighted by Gasteiger charge is -2.32. The van der Waals surface area contributed by atoms with E-state index in [0.717, 1.165) is 25.7 Å². The van der Waals surface area contributed by atoms with E-state index >= 15 is 0 Å². The lowest BCUT2D eigenvalue weighted by molar-refractivity contribution is -0.123. The van der Waals surface area contributed by atoms with Gasteiger partial charge < -0.3 is 16.0 Å². The standard InChI is InChI=1S/C15H20N4O2/c16-12-2-1-7-17-13(12)15(21)19-8-5-11(6-9-19)18-14(20)10-3-4-10/h1-2,7,10-11H,3-6,8-9,16H2,(H,18,20). The number of nitrogens with zero attached hydrogens (tertiary/aromatic N) is 2. The minimum Gasteiger partial charge on any atom is -0.397 e. The van der Waals surface area contributed by atoms with Gasteiger partial charge in [-0.05, 0) is 37.8 Å². The maximum Gasteiger partial charge on any atom is 0.274 e. The van der Waals surface area contributed by atoms with E-state index in [1.54, 1.807) is 23.2 Å². The molecule has 21 heavy (non-hydrogen) atoms. The number of amides is 2. The summed E-state index contributed by atoms with van der Waals surface area (Å²) >= 11 is 0. The topological polar surface area (TPSA) is 88.3 Å². The van der Waals surface area contributed by atoms with Crippen molar-refractivity contribution >= 4 is 17.5 Å². The predicted molar refractivity (Wildman–Crippen MR) is 78.4 cm³/mol. The maximum atomic E-state index is 12.4. The molecular weight excluding hydrogens is 268 g/mol. The van der Waals surface area contributed by atoms with Gasteiger partial charge in [-0.1, -0.05) is 0 Å². The van der Waals surface area contributed by atoms with E-state index in [1.807, 2.05) is 0 Å². The van der Waals surface area contributed by atoms with E-state index in [0.29, 0.717) is 24.5 Å². The number of nitrogens with two attached hydrogens (primary N) is 1. The summed E-state index contributed by atoms with van der Waals surface area (Å²) in [4.78, 5) is 29.9. The number of hydrogen-bond donors (Lipinski definition) is 2. The van der Waals surface area contributed by atoms with Gasteiger partial charge in [-0.2, -0.15) is 0 Å². The van der Waals surface area contributed by atoms with Gasteiger partial charge in [-0.25, -0.2) is 4.98 Å². The van der Waals surface area contributed by atoms with Gasteiger partial charge in [-0.15, -0.1) is 0 Å². The number of hydrogen-bond acceptors (Lipinski definition) is 4. The fraction of sp³-hybridized carbons (Fsp3) is 0.533. The van der Waals surface area contributed by atoms with Crippen LogP contribution in [0.15, 0.2) is 18.3 Å². The Balaban J connectivity index is 1.54. The van der Waals surface area contributed by atoms with Crippen LogP contribution in [0.1, 0.15) is 36.2 Å². The lowest BCUT2D eigenvalue weighted by atomic mass is 10.0. The number of rotatable bonds is 3. The van der Waals surface area contributed by atoms with Crippen LogP contribution in [0, 0.1) is 5.92 Å². The molecular formula is C15H20N4O2. The zero-order valence-electron chi connectivity index (χ0n) is 11.9. The molecule has 2 amide bonds. The molecule has 112 valence electrons. The highest BCUT2D eigenvalue weighted by atomic mass is 16.2. The fourth-order valence-electron chi connectivity index (χ4n) is 2.64. The summed E-state index contributed by atoms with van der Waals surface area (Å²) < 4.78 is 0. The summed E-state index contributed by atoms with van der Waals surface area (Å²) in [5, 5.41) is 3.07. The molecule has 2 heterocycles. The summed E-state index contributed by atoms with van der Waals surface area (Å²) in [5.41, 5.74) is 6.52. The van der Waals surface area contributed by atoms with Gasteiger partial charge in [0.1, 0.15) is 0 Å². The number of carbonyl (C=O) groups excluding carboxylic acids is 2. The number of pyridine rings is 1. The molecule has 0 aromatic carbocycles. The van der Waals surface area contributed by atoms with E-state index in [1.165, 1.54) is 0 Å². The van der Waals surface area contributed by atoms with Crippen molar-refractivity contribution in [3.05, 3.63) is 24.0 Å². The molecule has 6 heteroatoms. The molecule has 1 saturated heterocycles. The Morgan fingerprint density at radius 1 is 1.24 bits per heavy atom. The monoisotopic (exact) mass is 288 g/mol. The van der Waals surface area contributed by atoms with Crippen molar-refractivity contribution in [2.75, 3.05) is 18.8 Å². The normalized spacial score (nSPS) is 19.3. The second-order valence-electron chi connectivity index (χ2n) is 5.79. The van der Waals surface area contributed by atoms with E-state index in [-0.39, 0.29) is 23.8 Å². The van der Waals surface area contributed by atoms with Crippen LogP contribution >= 0.6 is 0 Å². The van der Waals surface area contributed by atoms with Gasteiger partial charge in [0, 0.05) is 31.2 Å². The van der Waals surface area contributed by atoms with Crippen molar-refractivity contribution in [1.82, 2.24) is 15.2 Å². The van der Waals surface area contributed by atoms with E-state index in [9.17, 15) is 9.59 Å². The first kappa shape index (κ1) is 13.9. The van der Waals surface area contributed by atoms with Crippen LogP contribution in [0.5, 0.6) is 0 Å². The van der Waals surface area contributed by atoms with Crippen molar-refractivity contribution in [3.8, 4) is 0 Å². The first-order chi connectivity index (χ1) is 10.1. The number of anilines is 1. The second-order valence-corrected chi connectivity index (χ2v) is 5.79. The first-order valence-electron chi connectivity index (χ1n) is 7.45. The average Bonchev–Trinajstić information content (AvgIpc) is 3.32. The molecule has 0 atom stereocenters. The van der Waals surface area contributed by atoms with E-state index in [2.05, 4.69) is 10.3 Å². The quantitative estimate of drug-likeness (QED) is 0.861. The maximum absolute atomic E-state index is 12.4. The smallest absolute Gasteiger partial charge is 0.274 e. The van der Waals surface area contributed by atoms with E-state index < -0.39 is 0 Å². The van der Waals surface area contributed by atoms with Crippen LogP contribution in [0.4, 0.5) is 5.69 Å². The third kappa shape index (κ3) is 3.15. The van der Waals surface area contributed by atoms with Crippen molar-refractivity contribution in [1.29, 1.82) is 0 Å². The highest BCUT2D eigenvalue weighted by Gasteiger charge is 2.32. The number of carbonyl (C=O) groups is 2. The largest absolute Gasteiger partial charge is 0.397 e. The molecule has 0 spiro atoms. The average molecular weight is 288 g/mol. The van der Waals surface area contributed by atoms with Gasteiger partial charge in [0.25, 0.3) is 5.91 Å². The number of piperidine rings is 1. The van der Waals surface area contributed by atoms with Gasteiger partial charge in [0.2, 0.25) is 5.91 Å². The molecule has 3 N–H and O–H groups in total. The van der Waals surface area contributed by atoms with Crippen molar-refractivity contribution in [2.45, 2.75) is 31.7 Å². The molecule has 1 aliphatic heterocycles. The molecule has 0 unspecified atom stereocenters. The predicted octanol–water partition coefficient (Wildman–Crippen LogP) is 0.795. The first-order valence-corrected chi connectivity index (χ1v) is 7.45. The third-order valence-corrected chi connectivity index (χ3v) is 4.12. The number of likely N-dealkylation sites (tertiary alicyclic amines) is 1. The van der Waals surface area contributed by atoms with Crippen LogP contribution < -0.4 is 11.1 Å². The van der Waals surface area contributed by atoms with Crippen molar-refractivity contribution in [3.63, 3.8) is 0 Å². The second kappa shape index (κ2) is 5.71. The number of nitrogen functional groups attached to an aromatic ring is 1. The zero-order valence-corrected chi connectivity index (χ0v) is 11.9. The van der Waals surface area contributed by atoms with Crippen LogP contribution in [0.25, 0.3) is 0 Å². The molecule has 1 aromatic rings. The summed E-state index contributed by atoms with van der Waals surface area (Å²) in [6, 6.07) is 3.58. The Labute approximate surface area is 123 Å². The molecule has 0 radical (unpaired) electrons. The highest BCUT2D eigenvalue weighted by Crippen LogP contribution is 2.29.